The Labute approximate surface area is 106 Å². The highest BCUT2D eigenvalue weighted by molar-refractivity contribution is 7.11. The molecule has 17 heavy (non-hydrogen) atoms. The van der Waals surface area contributed by atoms with Crippen LogP contribution < -0.4 is 5.32 Å². The van der Waals surface area contributed by atoms with Crippen LogP contribution in [0.25, 0.3) is 0 Å². The van der Waals surface area contributed by atoms with Crippen LogP contribution in [0, 0.1) is 6.92 Å². The van der Waals surface area contributed by atoms with Crippen molar-refractivity contribution < 1.29 is 0 Å². The molecule has 0 aliphatic rings. The smallest absolute Gasteiger partial charge is 0.0925 e. The van der Waals surface area contributed by atoms with Gasteiger partial charge in [0, 0.05) is 36.6 Å². The molecule has 0 aliphatic carbocycles. The average molecular weight is 247 g/mol. The van der Waals surface area contributed by atoms with Gasteiger partial charge in [-0.3, -0.25) is 4.98 Å². The summed E-state index contributed by atoms with van der Waals surface area (Å²) >= 11 is 1.79. The molecule has 2 rings (SSSR count). The lowest BCUT2D eigenvalue weighted by Gasteiger charge is -2.05. The van der Waals surface area contributed by atoms with Gasteiger partial charge in [0.25, 0.3) is 0 Å². The van der Waals surface area contributed by atoms with E-state index in [1.807, 2.05) is 18.6 Å². The van der Waals surface area contributed by atoms with Gasteiger partial charge in [0.2, 0.25) is 0 Å². The van der Waals surface area contributed by atoms with Crippen LogP contribution in [0.4, 0.5) is 0 Å². The molecule has 2 aromatic heterocycles. The summed E-state index contributed by atoms with van der Waals surface area (Å²) in [5.74, 6) is 0. The molecule has 4 heteroatoms. The standard InChI is InChI=1S/C13H17N3S/c1-3-13-16-9-12(17-13)8-15-7-11-4-5-14-6-10(11)2/h4-6,9,15H,3,7-8H2,1-2H3. The van der Waals surface area contributed by atoms with Crippen LogP contribution in [0.15, 0.2) is 24.7 Å². The fraction of sp³-hybridized carbons (Fsp3) is 0.385. The molecule has 0 saturated heterocycles. The third-order valence-electron chi connectivity index (χ3n) is 2.66. The monoisotopic (exact) mass is 247 g/mol. The molecule has 2 heterocycles. The average Bonchev–Trinajstić information content (AvgIpc) is 2.80. The van der Waals surface area contributed by atoms with Gasteiger partial charge >= 0.3 is 0 Å². The normalized spacial score (nSPS) is 10.7. The maximum absolute atomic E-state index is 4.35. The van der Waals surface area contributed by atoms with Gasteiger partial charge < -0.3 is 5.32 Å². The Balaban J connectivity index is 1.85. The van der Waals surface area contributed by atoms with E-state index in [0.717, 1.165) is 19.5 Å². The van der Waals surface area contributed by atoms with E-state index in [2.05, 4.69) is 35.2 Å². The summed E-state index contributed by atoms with van der Waals surface area (Å²) in [6.45, 7) is 6.00. The van der Waals surface area contributed by atoms with Gasteiger partial charge in [-0.1, -0.05) is 6.92 Å². The number of hydrogen-bond donors (Lipinski definition) is 1. The van der Waals surface area contributed by atoms with Crippen molar-refractivity contribution in [2.75, 3.05) is 0 Å². The third kappa shape index (κ3) is 3.35. The number of pyridine rings is 1. The molecule has 0 spiro atoms. The summed E-state index contributed by atoms with van der Waals surface area (Å²) in [6, 6.07) is 2.06. The molecule has 0 atom stereocenters. The van der Waals surface area contributed by atoms with Crippen LogP contribution in [0.5, 0.6) is 0 Å². The number of nitrogens with one attached hydrogen (secondary N) is 1. The minimum Gasteiger partial charge on any atom is -0.308 e. The summed E-state index contributed by atoms with van der Waals surface area (Å²) in [5.41, 5.74) is 2.54. The predicted molar refractivity (Wildman–Crippen MR) is 71.0 cm³/mol. The molecule has 2 aromatic rings. The first-order valence-corrected chi connectivity index (χ1v) is 6.65. The molecule has 0 saturated carbocycles. The lowest BCUT2D eigenvalue weighted by Crippen LogP contribution is -2.12. The van der Waals surface area contributed by atoms with E-state index in [-0.39, 0.29) is 0 Å². The molecule has 0 aliphatic heterocycles. The lowest BCUT2D eigenvalue weighted by molar-refractivity contribution is 0.696. The summed E-state index contributed by atoms with van der Waals surface area (Å²) in [7, 11) is 0. The summed E-state index contributed by atoms with van der Waals surface area (Å²) in [4.78, 5) is 9.74. The molecule has 0 amide bonds. The highest BCUT2D eigenvalue weighted by atomic mass is 32.1. The molecule has 0 aromatic carbocycles. The summed E-state index contributed by atoms with van der Waals surface area (Å²) in [6.07, 6.45) is 6.73. The highest BCUT2D eigenvalue weighted by Gasteiger charge is 2.01. The van der Waals surface area contributed by atoms with Crippen LogP contribution in [0.2, 0.25) is 0 Å². The molecule has 0 radical (unpaired) electrons. The largest absolute Gasteiger partial charge is 0.308 e. The zero-order valence-corrected chi connectivity index (χ0v) is 11.0. The second-order valence-electron chi connectivity index (χ2n) is 3.98. The first-order chi connectivity index (χ1) is 8.29. The van der Waals surface area contributed by atoms with Gasteiger partial charge in [0.15, 0.2) is 0 Å². The van der Waals surface area contributed by atoms with Crippen LogP contribution in [-0.2, 0) is 19.5 Å². The van der Waals surface area contributed by atoms with E-state index in [1.54, 1.807) is 11.3 Å². The first-order valence-electron chi connectivity index (χ1n) is 5.83. The number of hydrogen-bond acceptors (Lipinski definition) is 4. The van der Waals surface area contributed by atoms with Crippen molar-refractivity contribution in [1.29, 1.82) is 0 Å². The number of thiazole rings is 1. The van der Waals surface area contributed by atoms with Crippen molar-refractivity contribution >= 4 is 11.3 Å². The van der Waals surface area contributed by atoms with Gasteiger partial charge in [0.05, 0.1) is 5.01 Å². The fourth-order valence-electron chi connectivity index (χ4n) is 1.61. The topological polar surface area (TPSA) is 37.8 Å². The van der Waals surface area contributed by atoms with Gasteiger partial charge in [-0.2, -0.15) is 0 Å². The van der Waals surface area contributed by atoms with Crippen LogP contribution in [-0.4, -0.2) is 9.97 Å². The van der Waals surface area contributed by atoms with Crippen LogP contribution >= 0.6 is 11.3 Å². The Kier molecular flexibility index (Phi) is 4.23. The minimum atomic E-state index is 0.883. The Bertz CT molecular complexity index is 479. The fourth-order valence-corrected chi connectivity index (χ4v) is 2.45. The molecule has 0 fully saturated rings. The Morgan fingerprint density at radius 3 is 2.88 bits per heavy atom. The quantitative estimate of drug-likeness (QED) is 0.882. The molecule has 0 unspecified atom stereocenters. The summed E-state index contributed by atoms with van der Waals surface area (Å²) in [5, 5.41) is 4.65. The van der Waals surface area contributed by atoms with Gasteiger partial charge in [-0.05, 0) is 30.5 Å². The SMILES string of the molecule is CCc1ncc(CNCc2ccncc2C)s1. The molecule has 1 N–H and O–H groups in total. The minimum absolute atomic E-state index is 0.883. The zero-order chi connectivity index (χ0) is 12.1. The maximum Gasteiger partial charge on any atom is 0.0925 e. The van der Waals surface area contributed by atoms with Crippen molar-refractivity contribution in [3.8, 4) is 0 Å². The molecular formula is C13H17N3S. The van der Waals surface area contributed by atoms with E-state index in [9.17, 15) is 0 Å². The number of rotatable bonds is 5. The predicted octanol–water partition coefficient (Wildman–Crippen LogP) is 2.70. The van der Waals surface area contributed by atoms with Gasteiger partial charge in [-0.25, -0.2) is 4.98 Å². The van der Waals surface area contributed by atoms with E-state index >= 15 is 0 Å². The number of aryl methyl sites for hydroxylation is 2. The Hall–Kier alpha value is -1.26. The number of nitrogens with zero attached hydrogens (tertiary/aromatic N) is 2. The zero-order valence-electron chi connectivity index (χ0n) is 10.2. The maximum atomic E-state index is 4.35. The number of aromatic nitrogens is 2. The highest BCUT2D eigenvalue weighted by Crippen LogP contribution is 2.13. The van der Waals surface area contributed by atoms with Crippen molar-refractivity contribution in [1.82, 2.24) is 15.3 Å². The summed E-state index contributed by atoms with van der Waals surface area (Å²) < 4.78 is 0. The van der Waals surface area contributed by atoms with Crippen LogP contribution in [0.1, 0.15) is 27.9 Å². The van der Waals surface area contributed by atoms with E-state index in [4.69, 9.17) is 0 Å². The first kappa shape index (κ1) is 12.2. The van der Waals surface area contributed by atoms with Crippen LogP contribution in [0.3, 0.4) is 0 Å². The molecule has 3 nitrogen and oxygen atoms in total. The Morgan fingerprint density at radius 1 is 1.29 bits per heavy atom. The Morgan fingerprint density at radius 2 is 2.18 bits per heavy atom. The van der Waals surface area contributed by atoms with Gasteiger partial charge in [0.1, 0.15) is 0 Å². The third-order valence-corrected chi connectivity index (χ3v) is 3.80. The second kappa shape index (κ2) is 5.89. The lowest BCUT2D eigenvalue weighted by atomic mass is 10.1. The van der Waals surface area contributed by atoms with E-state index in [1.165, 1.54) is 21.0 Å². The second-order valence-corrected chi connectivity index (χ2v) is 5.18. The van der Waals surface area contributed by atoms with Crippen molar-refractivity contribution in [3.63, 3.8) is 0 Å². The molecular weight excluding hydrogens is 230 g/mol. The van der Waals surface area contributed by atoms with Crippen molar-refractivity contribution in [3.05, 3.63) is 45.7 Å². The van der Waals surface area contributed by atoms with Gasteiger partial charge in [-0.15, -0.1) is 11.3 Å². The molecule has 90 valence electrons. The van der Waals surface area contributed by atoms with Crippen molar-refractivity contribution in [2.45, 2.75) is 33.4 Å². The van der Waals surface area contributed by atoms with E-state index < -0.39 is 0 Å². The van der Waals surface area contributed by atoms with Crippen molar-refractivity contribution in [2.24, 2.45) is 0 Å². The van der Waals surface area contributed by atoms with E-state index in [0.29, 0.717) is 0 Å². The molecule has 0 bridgehead atoms.